The molecule has 28 heavy (non-hydrogen) atoms. The number of rotatable bonds is 5. The van der Waals surface area contributed by atoms with E-state index in [0.29, 0.717) is 17.3 Å². The maximum absolute atomic E-state index is 13.5. The third-order valence-corrected chi connectivity index (χ3v) is 5.80. The van der Waals surface area contributed by atoms with E-state index >= 15 is 0 Å². The molecule has 0 amide bonds. The van der Waals surface area contributed by atoms with E-state index in [2.05, 4.69) is 29.2 Å². The van der Waals surface area contributed by atoms with Crippen LogP contribution in [0.2, 0.25) is 0 Å². The van der Waals surface area contributed by atoms with Gasteiger partial charge in [0.2, 0.25) is 5.82 Å². The van der Waals surface area contributed by atoms with Crippen molar-refractivity contribution in [1.29, 1.82) is 0 Å². The third kappa shape index (κ3) is 3.93. The molecule has 1 N–H and O–H groups in total. The van der Waals surface area contributed by atoms with Crippen LogP contribution in [0.3, 0.4) is 0 Å². The first-order valence-corrected chi connectivity index (χ1v) is 10.1. The fraction of sp³-hybridized carbons (Fsp3) is 0.391. The summed E-state index contributed by atoms with van der Waals surface area (Å²) < 4.78 is 18.8. The topological polar surface area (TPSA) is 59.2 Å². The van der Waals surface area contributed by atoms with Gasteiger partial charge in [-0.05, 0) is 61.3 Å². The molecule has 1 aromatic heterocycles. The largest absolute Gasteiger partial charge is 0.505 e. The molecule has 1 saturated carbocycles. The van der Waals surface area contributed by atoms with E-state index in [-0.39, 0.29) is 5.89 Å². The van der Waals surface area contributed by atoms with Crippen LogP contribution in [0.5, 0.6) is 5.75 Å². The summed E-state index contributed by atoms with van der Waals surface area (Å²) in [6.07, 6.45) is 7.84. The normalized spacial score (nSPS) is 19.6. The first-order valence-electron chi connectivity index (χ1n) is 10.1. The summed E-state index contributed by atoms with van der Waals surface area (Å²) in [4.78, 5) is 4.37. The van der Waals surface area contributed by atoms with Crippen LogP contribution in [0, 0.1) is 11.7 Å². The van der Waals surface area contributed by atoms with E-state index < -0.39 is 11.6 Å². The van der Waals surface area contributed by atoms with Crippen LogP contribution in [0.1, 0.15) is 56.9 Å². The first kappa shape index (κ1) is 18.7. The van der Waals surface area contributed by atoms with Crippen LogP contribution in [0.25, 0.3) is 22.8 Å². The van der Waals surface area contributed by atoms with Gasteiger partial charge in [-0.1, -0.05) is 49.2 Å². The lowest BCUT2D eigenvalue weighted by atomic mass is 9.77. The molecule has 0 radical (unpaired) electrons. The Bertz CT molecular complexity index is 928. The SMILES string of the molecule is CCCC1CCC(c2ccc(-c3noc(-c4ccc(O)c(F)c4)n3)cc2)CC1. The Morgan fingerprint density at radius 2 is 1.75 bits per heavy atom. The first-order chi connectivity index (χ1) is 13.6. The van der Waals surface area contributed by atoms with Crippen LogP contribution in [-0.4, -0.2) is 15.2 Å². The van der Waals surface area contributed by atoms with Crippen molar-refractivity contribution in [2.75, 3.05) is 0 Å². The number of hydrogen-bond donors (Lipinski definition) is 1. The van der Waals surface area contributed by atoms with Gasteiger partial charge in [0.05, 0.1) is 0 Å². The zero-order valence-corrected chi connectivity index (χ0v) is 16.1. The highest BCUT2D eigenvalue weighted by molar-refractivity contribution is 5.60. The average molecular weight is 380 g/mol. The number of halogens is 1. The molecule has 1 aliphatic carbocycles. The van der Waals surface area contributed by atoms with E-state index in [1.807, 2.05) is 12.1 Å². The predicted molar refractivity (Wildman–Crippen MR) is 106 cm³/mol. The van der Waals surface area contributed by atoms with Crippen LogP contribution < -0.4 is 0 Å². The van der Waals surface area contributed by atoms with Crippen molar-refractivity contribution in [1.82, 2.24) is 10.1 Å². The molecule has 3 aromatic rings. The van der Waals surface area contributed by atoms with Crippen molar-refractivity contribution in [2.24, 2.45) is 5.92 Å². The van der Waals surface area contributed by atoms with E-state index in [1.54, 1.807) is 6.07 Å². The van der Waals surface area contributed by atoms with Gasteiger partial charge < -0.3 is 9.63 Å². The quantitative estimate of drug-likeness (QED) is 0.562. The Kier molecular flexibility index (Phi) is 5.42. The molecule has 0 atom stereocenters. The molecule has 1 fully saturated rings. The van der Waals surface area contributed by atoms with Gasteiger partial charge in [-0.3, -0.25) is 0 Å². The van der Waals surface area contributed by atoms with Gasteiger partial charge in [0.15, 0.2) is 11.6 Å². The summed E-state index contributed by atoms with van der Waals surface area (Å²) in [7, 11) is 0. The monoisotopic (exact) mass is 380 g/mol. The molecule has 0 spiro atoms. The minimum absolute atomic E-state index is 0.229. The average Bonchev–Trinajstić information content (AvgIpc) is 3.21. The summed E-state index contributed by atoms with van der Waals surface area (Å²) in [6, 6.07) is 12.4. The standard InChI is InChI=1S/C23H25FN2O2/c1-2-3-15-4-6-16(7-5-15)17-8-10-18(11-9-17)22-25-23(28-26-22)19-12-13-21(27)20(24)14-19/h8-16,27H,2-7H2,1H3. The van der Waals surface area contributed by atoms with Crippen LogP contribution in [0.4, 0.5) is 4.39 Å². The van der Waals surface area contributed by atoms with Crippen LogP contribution in [0.15, 0.2) is 47.0 Å². The molecule has 146 valence electrons. The van der Waals surface area contributed by atoms with Gasteiger partial charge in [0.1, 0.15) is 0 Å². The Morgan fingerprint density at radius 3 is 2.43 bits per heavy atom. The van der Waals surface area contributed by atoms with Crippen molar-refractivity contribution in [3.63, 3.8) is 0 Å². The van der Waals surface area contributed by atoms with E-state index in [1.165, 1.54) is 56.2 Å². The number of phenolic OH excluding ortho intramolecular Hbond substituents is 1. The number of aromatic hydroxyl groups is 1. The molecule has 5 heteroatoms. The molecule has 4 rings (SSSR count). The molecule has 4 nitrogen and oxygen atoms in total. The Balaban J connectivity index is 1.46. The number of aromatic nitrogens is 2. The molecule has 2 aromatic carbocycles. The number of phenols is 1. The summed E-state index contributed by atoms with van der Waals surface area (Å²) in [5.41, 5.74) is 2.69. The molecule has 0 saturated heterocycles. The molecule has 0 aliphatic heterocycles. The minimum atomic E-state index is -0.713. The van der Waals surface area contributed by atoms with Gasteiger partial charge in [-0.15, -0.1) is 0 Å². The van der Waals surface area contributed by atoms with E-state index in [9.17, 15) is 9.50 Å². The second kappa shape index (κ2) is 8.13. The fourth-order valence-electron chi connectivity index (χ4n) is 4.19. The van der Waals surface area contributed by atoms with Crippen LogP contribution in [-0.2, 0) is 0 Å². The number of nitrogens with zero attached hydrogens (tertiary/aromatic N) is 2. The summed E-state index contributed by atoms with van der Waals surface area (Å²) in [5, 5.41) is 13.3. The van der Waals surface area contributed by atoms with Gasteiger partial charge in [-0.2, -0.15) is 4.98 Å². The highest BCUT2D eigenvalue weighted by atomic mass is 19.1. The van der Waals surface area contributed by atoms with Gasteiger partial charge in [0.25, 0.3) is 5.89 Å². The van der Waals surface area contributed by atoms with Crippen molar-refractivity contribution in [3.05, 3.63) is 53.8 Å². The highest BCUT2D eigenvalue weighted by Gasteiger charge is 2.22. The summed E-state index contributed by atoms with van der Waals surface area (Å²) >= 11 is 0. The Labute approximate surface area is 164 Å². The van der Waals surface area contributed by atoms with E-state index in [4.69, 9.17) is 4.52 Å². The minimum Gasteiger partial charge on any atom is -0.505 e. The maximum atomic E-state index is 13.5. The van der Waals surface area contributed by atoms with Crippen molar-refractivity contribution >= 4 is 0 Å². The molecule has 0 unspecified atom stereocenters. The molecular weight excluding hydrogens is 355 g/mol. The lowest BCUT2D eigenvalue weighted by Gasteiger charge is -2.28. The van der Waals surface area contributed by atoms with Crippen LogP contribution >= 0.6 is 0 Å². The number of hydrogen-bond acceptors (Lipinski definition) is 4. The third-order valence-electron chi connectivity index (χ3n) is 5.80. The summed E-state index contributed by atoms with van der Waals surface area (Å²) in [5.74, 6) is 1.14. The van der Waals surface area contributed by atoms with Crippen molar-refractivity contribution in [3.8, 4) is 28.6 Å². The Hall–Kier alpha value is -2.69. The summed E-state index contributed by atoms with van der Waals surface area (Å²) in [6.45, 7) is 2.27. The second-order valence-electron chi connectivity index (χ2n) is 7.72. The second-order valence-corrected chi connectivity index (χ2v) is 7.72. The molecule has 0 bridgehead atoms. The smallest absolute Gasteiger partial charge is 0.258 e. The molecular formula is C23H25FN2O2. The van der Waals surface area contributed by atoms with E-state index in [0.717, 1.165) is 11.5 Å². The fourth-order valence-corrected chi connectivity index (χ4v) is 4.19. The van der Waals surface area contributed by atoms with Crippen molar-refractivity contribution in [2.45, 2.75) is 51.4 Å². The van der Waals surface area contributed by atoms with Gasteiger partial charge in [0, 0.05) is 11.1 Å². The van der Waals surface area contributed by atoms with Gasteiger partial charge >= 0.3 is 0 Å². The lowest BCUT2D eigenvalue weighted by molar-refractivity contribution is 0.308. The van der Waals surface area contributed by atoms with Gasteiger partial charge in [-0.25, -0.2) is 4.39 Å². The Morgan fingerprint density at radius 1 is 1.04 bits per heavy atom. The number of benzene rings is 2. The predicted octanol–water partition coefficient (Wildman–Crippen LogP) is 6.32. The highest BCUT2D eigenvalue weighted by Crippen LogP contribution is 2.38. The maximum Gasteiger partial charge on any atom is 0.258 e. The zero-order chi connectivity index (χ0) is 19.5. The molecule has 1 aliphatic rings. The lowest BCUT2D eigenvalue weighted by Crippen LogP contribution is -2.13. The zero-order valence-electron chi connectivity index (χ0n) is 16.1. The molecule has 1 heterocycles. The van der Waals surface area contributed by atoms with Crippen molar-refractivity contribution < 1.29 is 14.0 Å².